The number of hydrogen-bond acceptors (Lipinski definition) is 3. The van der Waals surface area contributed by atoms with Crippen LogP contribution in [0.5, 0.6) is 0 Å². The van der Waals surface area contributed by atoms with Crippen molar-refractivity contribution in [3.63, 3.8) is 0 Å². The number of rotatable bonds is 4. The third kappa shape index (κ3) is 3.87. The average molecular weight is 278 g/mol. The zero-order valence-electron chi connectivity index (χ0n) is 12.0. The summed E-state index contributed by atoms with van der Waals surface area (Å²) in [5.41, 5.74) is -1.21. The zero-order chi connectivity index (χ0) is 14.6. The van der Waals surface area contributed by atoms with Gasteiger partial charge in [-0.15, -0.1) is 0 Å². The molecule has 0 saturated carbocycles. The van der Waals surface area contributed by atoms with Crippen LogP contribution in [-0.2, 0) is 5.60 Å². The molecule has 1 aromatic rings. The molecule has 0 bridgehead atoms. The molecule has 0 fully saturated rings. The van der Waals surface area contributed by atoms with Gasteiger partial charge in [-0.1, -0.05) is 12.2 Å². The first-order valence-electron chi connectivity index (χ1n) is 6.98. The maximum Gasteiger partial charge on any atom is 0.315 e. The fourth-order valence-corrected chi connectivity index (χ4v) is 2.22. The number of nitrogens with one attached hydrogen (secondary N) is 2. The number of allylic oxidation sites excluding steroid dienone is 1. The van der Waals surface area contributed by atoms with E-state index < -0.39 is 5.60 Å². The van der Waals surface area contributed by atoms with Gasteiger partial charge in [-0.25, -0.2) is 4.79 Å². The highest BCUT2D eigenvalue weighted by Gasteiger charge is 2.27. The molecule has 0 aliphatic heterocycles. The number of carbonyl (C=O) groups is 1. The minimum atomic E-state index is -1.21. The molecular weight excluding hydrogens is 256 g/mol. The highest BCUT2D eigenvalue weighted by atomic mass is 16.4. The summed E-state index contributed by atoms with van der Waals surface area (Å²) in [4.78, 5) is 11.8. The number of carbonyl (C=O) groups excluding carboxylic acids is 1. The van der Waals surface area contributed by atoms with Gasteiger partial charge in [0.05, 0.1) is 6.54 Å². The van der Waals surface area contributed by atoms with Crippen molar-refractivity contribution < 1.29 is 14.3 Å². The largest absolute Gasteiger partial charge is 0.463 e. The van der Waals surface area contributed by atoms with Crippen LogP contribution in [0.25, 0.3) is 0 Å². The van der Waals surface area contributed by atoms with Crippen molar-refractivity contribution >= 4 is 6.03 Å². The molecule has 2 rings (SSSR count). The molecular formula is C15H22N2O3. The van der Waals surface area contributed by atoms with Crippen molar-refractivity contribution in [3.05, 3.63) is 35.8 Å². The number of furan rings is 1. The van der Waals surface area contributed by atoms with Crippen LogP contribution in [0.3, 0.4) is 0 Å². The van der Waals surface area contributed by atoms with Crippen LogP contribution in [-0.4, -0.2) is 23.7 Å². The molecule has 1 heterocycles. The molecule has 1 aromatic heterocycles. The van der Waals surface area contributed by atoms with E-state index in [0.29, 0.717) is 5.76 Å². The van der Waals surface area contributed by atoms with Gasteiger partial charge in [0.15, 0.2) is 0 Å². The molecule has 1 aliphatic rings. The third-order valence-corrected chi connectivity index (χ3v) is 3.44. The number of aryl methyl sites for hydroxylation is 1. The van der Waals surface area contributed by atoms with Gasteiger partial charge < -0.3 is 20.2 Å². The SMILES string of the molecule is Cc1ccc(C(C)(O)CNC(=O)NC2C=CCCC2)o1. The van der Waals surface area contributed by atoms with E-state index in [1.54, 1.807) is 19.1 Å². The second kappa shape index (κ2) is 6.13. The number of hydrogen-bond donors (Lipinski definition) is 3. The van der Waals surface area contributed by atoms with E-state index in [-0.39, 0.29) is 18.6 Å². The minimum Gasteiger partial charge on any atom is -0.463 e. The standard InChI is InChI=1S/C15H22N2O3/c1-11-8-9-13(20-11)15(2,19)10-16-14(18)17-12-6-4-3-5-7-12/h4,6,8-9,12,19H,3,5,7,10H2,1-2H3,(H2,16,17,18). The van der Waals surface area contributed by atoms with E-state index in [1.165, 1.54) is 0 Å². The van der Waals surface area contributed by atoms with E-state index in [9.17, 15) is 9.90 Å². The summed E-state index contributed by atoms with van der Waals surface area (Å²) in [6, 6.07) is 3.32. The molecule has 0 spiro atoms. The van der Waals surface area contributed by atoms with Crippen LogP contribution in [0, 0.1) is 6.92 Å². The van der Waals surface area contributed by atoms with Gasteiger partial charge in [-0.05, 0) is 45.2 Å². The van der Waals surface area contributed by atoms with Crippen LogP contribution in [0.4, 0.5) is 4.79 Å². The van der Waals surface area contributed by atoms with Gasteiger partial charge in [0.2, 0.25) is 0 Å². The molecule has 5 heteroatoms. The lowest BCUT2D eigenvalue weighted by Crippen LogP contribution is -2.46. The van der Waals surface area contributed by atoms with Crippen molar-refractivity contribution in [1.29, 1.82) is 0 Å². The molecule has 0 saturated heterocycles. The Morgan fingerprint density at radius 3 is 2.95 bits per heavy atom. The summed E-state index contributed by atoms with van der Waals surface area (Å²) in [5.74, 6) is 1.19. The number of amides is 2. The summed E-state index contributed by atoms with van der Waals surface area (Å²) in [5, 5.41) is 15.9. The normalized spacial score (nSPS) is 21.2. The zero-order valence-corrected chi connectivity index (χ0v) is 12.0. The first-order chi connectivity index (χ1) is 9.47. The molecule has 1 aliphatic carbocycles. The van der Waals surface area contributed by atoms with Gasteiger partial charge in [0.25, 0.3) is 0 Å². The lowest BCUT2D eigenvalue weighted by Gasteiger charge is -2.23. The van der Waals surface area contributed by atoms with Gasteiger partial charge in [0.1, 0.15) is 17.1 Å². The Labute approximate surface area is 119 Å². The molecule has 0 radical (unpaired) electrons. The van der Waals surface area contributed by atoms with E-state index in [1.807, 2.05) is 13.0 Å². The highest BCUT2D eigenvalue weighted by Crippen LogP contribution is 2.21. The fraction of sp³-hybridized carbons (Fsp3) is 0.533. The quantitative estimate of drug-likeness (QED) is 0.739. The Hall–Kier alpha value is -1.75. The van der Waals surface area contributed by atoms with Gasteiger partial charge in [0, 0.05) is 6.04 Å². The molecule has 0 aromatic carbocycles. The summed E-state index contributed by atoms with van der Waals surface area (Å²) >= 11 is 0. The smallest absolute Gasteiger partial charge is 0.315 e. The van der Waals surface area contributed by atoms with E-state index in [2.05, 4.69) is 16.7 Å². The first-order valence-corrected chi connectivity index (χ1v) is 6.98. The van der Waals surface area contributed by atoms with Crippen LogP contribution >= 0.6 is 0 Å². The lowest BCUT2D eigenvalue weighted by atomic mass is 10.0. The van der Waals surface area contributed by atoms with Crippen LogP contribution in [0.1, 0.15) is 37.7 Å². The first kappa shape index (κ1) is 14.7. The van der Waals surface area contributed by atoms with E-state index in [0.717, 1.165) is 25.0 Å². The third-order valence-electron chi connectivity index (χ3n) is 3.44. The molecule has 110 valence electrons. The average Bonchev–Trinajstić information content (AvgIpc) is 2.85. The van der Waals surface area contributed by atoms with Gasteiger partial charge >= 0.3 is 6.03 Å². The maximum absolute atomic E-state index is 11.8. The summed E-state index contributed by atoms with van der Waals surface area (Å²) in [6.45, 7) is 3.53. The van der Waals surface area contributed by atoms with Crippen molar-refractivity contribution in [2.24, 2.45) is 0 Å². The van der Waals surface area contributed by atoms with Crippen LogP contribution in [0.15, 0.2) is 28.7 Å². The van der Waals surface area contributed by atoms with E-state index in [4.69, 9.17) is 4.42 Å². The second-order valence-corrected chi connectivity index (χ2v) is 5.48. The fourth-order valence-electron chi connectivity index (χ4n) is 2.22. The minimum absolute atomic E-state index is 0.0829. The van der Waals surface area contributed by atoms with Gasteiger partial charge in [-0.2, -0.15) is 0 Å². The van der Waals surface area contributed by atoms with Crippen molar-refractivity contribution in [2.45, 2.75) is 44.8 Å². The lowest BCUT2D eigenvalue weighted by molar-refractivity contribution is 0.0359. The van der Waals surface area contributed by atoms with Gasteiger partial charge in [-0.3, -0.25) is 0 Å². The summed E-state index contributed by atoms with van der Waals surface area (Å²) in [7, 11) is 0. The highest BCUT2D eigenvalue weighted by molar-refractivity contribution is 5.74. The van der Waals surface area contributed by atoms with Crippen LogP contribution in [0.2, 0.25) is 0 Å². The Bertz CT molecular complexity index is 491. The Morgan fingerprint density at radius 1 is 1.55 bits per heavy atom. The molecule has 3 N–H and O–H groups in total. The predicted octanol–water partition coefficient (Wildman–Crippen LogP) is 2.20. The molecule has 2 amide bonds. The number of aliphatic hydroxyl groups is 1. The van der Waals surface area contributed by atoms with Crippen LogP contribution < -0.4 is 10.6 Å². The van der Waals surface area contributed by atoms with Crippen molar-refractivity contribution in [2.75, 3.05) is 6.54 Å². The van der Waals surface area contributed by atoms with Crippen molar-refractivity contribution in [1.82, 2.24) is 10.6 Å². The topological polar surface area (TPSA) is 74.5 Å². The molecule has 20 heavy (non-hydrogen) atoms. The Morgan fingerprint density at radius 2 is 2.35 bits per heavy atom. The summed E-state index contributed by atoms with van der Waals surface area (Å²) in [6.07, 6.45) is 7.21. The molecule has 5 nitrogen and oxygen atoms in total. The van der Waals surface area contributed by atoms with Crippen molar-refractivity contribution in [3.8, 4) is 0 Å². The molecule has 2 atom stereocenters. The second-order valence-electron chi connectivity index (χ2n) is 5.48. The number of urea groups is 1. The van der Waals surface area contributed by atoms with E-state index >= 15 is 0 Å². The summed E-state index contributed by atoms with van der Waals surface area (Å²) < 4.78 is 5.40. The maximum atomic E-state index is 11.8. The molecule has 2 unspecified atom stereocenters. The monoisotopic (exact) mass is 278 g/mol. The Balaban J connectivity index is 1.83. The Kier molecular flexibility index (Phi) is 4.49. The predicted molar refractivity (Wildman–Crippen MR) is 76.3 cm³/mol.